The molecule has 8 nitrogen and oxygen atoms in total. The molecule has 0 spiro atoms. The largest absolute Gasteiger partial charge is 0.375 e. The van der Waals surface area contributed by atoms with Crippen molar-refractivity contribution in [3.8, 4) is 11.3 Å². The van der Waals surface area contributed by atoms with Crippen molar-refractivity contribution in [3.63, 3.8) is 0 Å². The SMILES string of the molecule is C[C@H]1CN(c2cnn(Cc3c(-c4ccc(Cl)cc4F)nnn3C)c(=O)c2)CCO1. The number of anilines is 1. The maximum Gasteiger partial charge on any atom is 0.269 e. The number of halogens is 2. The first-order valence-electron chi connectivity index (χ1n) is 9.20. The van der Waals surface area contributed by atoms with E-state index in [0.29, 0.717) is 36.1 Å². The number of nitrogens with zero attached hydrogens (tertiary/aromatic N) is 6. The molecule has 1 aliphatic heterocycles. The summed E-state index contributed by atoms with van der Waals surface area (Å²) < 4.78 is 22.7. The molecule has 0 unspecified atom stereocenters. The highest BCUT2D eigenvalue weighted by molar-refractivity contribution is 6.30. The van der Waals surface area contributed by atoms with E-state index in [4.69, 9.17) is 16.3 Å². The molecule has 0 bridgehead atoms. The molecule has 29 heavy (non-hydrogen) atoms. The van der Waals surface area contributed by atoms with Crippen LogP contribution in [-0.4, -0.2) is 50.6 Å². The van der Waals surface area contributed by atoms with Gasteiger partial charge in [0.2, 0.25) is 0 Å². The zero-order chi connectivity index (χ0) is 20.5. The van der Waals surface area contributed by atoms with Crippen molar-refractivity contribution < 1.29 is 9.13 Å². The molecule has 0 radical (unpaired) electrons. The van der Waals surface area contributed by atoms with Crippen LogP contribution in [0.1, 0.15) is 12.6 Å². The third-order valence-electron chi connectivity index (χ3n) is 4.89. The van der Waals surface area contributed by atoms with Gasteiger partial charge < -0.3 is 9.64 Å². The molecule has 1 aromatic carbocycles. The molecule has 1 aliphatic rings. The summed E-state index contributed by atoms with van der Waals surface area (Å²) in [5.74, 6) is -0.503. The topological polar surface area (TPSA) is 78.1 Å². The molecule has 3 heterocycles. The fraction of sp³-hybridized carbons (Fsp3) is 0.368. The van der Waals surface area contributed by atoms with E-state index in [1.807, 2.05) is 6.92 Å². The summed E-state index contributed by atoms with van der Waals surface area (Å²) in [5.41, 5.74) is 1.68. The Labute approximate surface area is 171 Å². The monoisotopic (exact) mass is 418 g/mol. The van der Waals surface area contributed by atoms with Crippen molar-refractivity contribution in [2.75, 3.05) is 24.6 Å². The number of hydrogen-bond acceptors (Lipinski definition) is 6. The first-order chi connectivity index (χ1) is 13.9. The highest BCUT2D eigenvalue weighted by Crippen LogP contribution is 2.26. The van der Waals surface area contributed by atoms with Crippen LogP contribution in [0.15, 0.2) is 35.3 Å². The summed E-state index contributed by atoms with van der Waals surface area (Å²) in [6.45, 7) is 4.13. The standard InChI is InChI=1S/C19H20ClFN6O2/c1-12-10-26(5-6-29-12)14-8-18(28)27(22-9-14)11-17-19(23-24-25(17)2)15-4-3-13(20)7-16(15)21/h3-4,7-9,12H,5-6,10-11H2,1-2H3/t12-/m0/s1. The zero-order valence-electron chi connectivity index (χ0n) is 16.0. The average Bonchev–Trinajstić information content (AvgIpc) is 3.04. The molecule has 0 saturated carbocycles. The van der Waals surface area contributed by atoms with Gasteiger partial charge in [0, 0.05) is 36.8 Å². The number of ether oxygens (including phenoxy) is 1. The van der Waals surface area contributed by atoms with Gasteiger partial charge in [0.05, 0.1) is 36.8 Å². The minimum absolute atomic E-state index is 0.100. The summed E-state index contributed by atoms with van der Waals surface area (Å²) in [7, 11) is 1.69. The van der Waals surface area contributed by atoms with E-state index in [-0.39, 0.29) is 23.8 Å². The van der Waals surface area contributed by atoms with Gasteiger partial charge in [-0.15, -0.1) is 5.10 Å². The lowest BCUT2D eigenvalue weighted by atomic mass is 10.1. The van der Waals surface area contributed by atoms with Crippen molar-refractivity contribution in [2.45, 2.75) is 19.6 Å². The highest BCUT2D eigenvalue weighted by Gasteiger charge is 2.20. The maximum atomic E-state index is 14.4. The van der Waals surface area contributed by atoms with Gasteiger partial charge in [-0.1, -0.05) is 16.8 Å². The summed E-state index contributed by atoms with van der Waals surface area (Å²) in [4.78, 5) is 14.7. The van der Waals surface area contributed by atoms with E-state index in [1.54, 1.807) is 31.4 Å². The van der Waals surface area contributed by atoms with E-state index < -0.39 is 5.82 Å². The minimum Gasteiger partial charge on any atom is -0.375 e. The Bertz CT molecular complexity index is 1100. The highest BCUT2D eigenvalue weighted by atomic mass is 35.5. The van der Waals surface area contributed by atoms with Gasteiger partial charge in [-0.25, -0.2) is 13.8 Å². The molecule has 0 N–H and O–H groups in total. The Hall–Kier alpha value is -2.78. The number of benzene rings is 1. The van der Waals surface area contributed by atoms with Crippen LogP contribution in [-0.2, 0) is 18.3 Å². The van der Waals surface area contributed by atoms with Crippen molar-refractivity contribution in [3.05, 3.63) is 57.3 Å². The quantitative estimate of drug-likeness (QED) is 0.645. The van der Waals surface area contributed by atoms with Gasteiger partial charge in [-0.2, -0.15) is 5.10 Å². The maximum absolute atomic E-state index is 14.4. The van der Waals surface area contributed by atoms with Crippen molar-refractivity contribution in [1.29, 1.82) is 0 Å². The number of rotatable bonds is 4. The predicted molar refractivity (Wildman–Crippen MR) is 107 cm³/mol. The lowest BCUT2D eigenvalue weighted by Crippen LogP contribution is -2.42. The molecule has 152 valence electrons. The Kier molecular flexibility index (Phi) is 5.33. The summed E-state index contributed by atoms with van der Waals surface area (Å²) >= 11 is 5.84. The van der Waals surface area contributed by atoms with Gasteiger partial charge in [0.1, 0.15) is 11.5 Å². The number of aromatic nitrogens is 5. The third kappa shape index (κ3) is 4.01. The molecule has 10 heteroatoms. The van der Waals surface area contributed by atoms with Crippen LogP contribution < -0.4 is 10.5 Å². The van der Waals surface area contributed by atoms with Gasteiger partial charge in [-0.05, 0) is 25.1 Å². The molecule has 0 aliphatic carbocycles. The second-order valence-electron chi connectivity index (χ2n) is 6.97. The first-order valence-corrected chi connectivity index (χ1v) is 9.58. The van der Waals surface area contributed by atoms with Gasteiger partial charge in [0.15, 0.2) is 0 Å². The molecule has 1 atom stereocenters. The first kappa shape index (κ1) is 19.5. The minimum atomic E-state index is -0.503. The predicted octanol–water partition coefficient (Wildman–Crippen LogP) is 2.10. The summed E-state index contributed by atoms with van der Waals surface area (Å²) in [5, 5.41) is 12.6. The van der Waals surface area contributed by atoms with Gasteiger partial charge in [0.25, 0.3) is 5.56 Å². The Balaban J connectivity index is 1.63. The molecule has 2 aromatic heterocycles. The second kappa shape index (κ2) is 7.92. The van der Waals surface area contributed by atoms with Crippen molar-refractivity contribution in [2.24, 2.45) is 7.05 Å². The van der Waals surface area contributed by atoms with Crippen LogP contribution >= 0.6 is 11.6 Å². The fourth-order valence-electron chi connectivity index (χ4n) is 3.36. The molecular formula is C19H20ClFN6O2. The zero-order valence-corrected chi connectivity index (χ0v) is 16.8. The Morgan fingerprint density at radius 2 is 2.17 bits per heavy atom. The van der Waals surface area contributed by atoms with E-state index in [1.165, 1.54) is 15.4 Å². The summed E-state index contributed by atoms with van der Waals surface area (Å²) in [6, 6.07) is 5.90. The normalized spacial score (nSPS) is 17.0. The van der Waals surface area contributed by atoms with Crippen molar-refractivity contribution >= 4 is 17.3 Å². The van der Waals surface area contributed by atoms with Crippen LogP contribution in [0.3, 0.4) is 0 Å². The van der Waals surface area contributed by atoms with E-state index in [2.05, 4.69) is 20.3 Å². The molecule has 0 amide bonds. The molecule has 1 fully saturated rings. The Morgan fingerprint density at radius 3 is 2.90 bits per heavy atom. The second-order valence-corrected chi connectivity index (χ2v) is 7.41. The molecule has 4 rings (SSSR count). The van der Waals surface area contributed by atoms with E-state index >= 15 is 0 Å². The van der Waals surface area contributed by atoms with Crippen LogP contribution in [0, 0.1) is 5.82 Å². The van der Waals surface area contributed by atoms with Crippen LogP contribution in [0.5, 0.6) is 0 Å². The lowest BCUT2D eigenvalue weighted by molar-refractivity contribution is 0.0532. The Morgan fingerprint density at radius 1 is 1.34 bits per heavy atom. The van der Waals surface area contributed by atoms with E-state index in [0.717, 1.165) is 5.69 Å². The third-order valence-corrected chi connectivity index (χ3v) is 5.13. The van der Waals surface area contributed by atoms with Gasteiger partial charge >= 0.3 is 0 Å². The van der Waals surface area contributed by atoms with Gasteiger partial charge in [-0.3, -0.25) is 4.79 Å². The summed E-state index contributed by atoms with van der Waals surface area (Å²) in [6.07, 6.45) is 1.76. The lowest BCUT2D eigenvalue weighted by Gasteiger charge is -2.32. The smallest absolute Gasteiger partial charge is 0.269 e. The molecular weight excluding hydrogens is 399 g/mol. The fourth-order valence-corrected chi connectivity index (χ4v) is 3.51. The van der Waals surface area contributed by atoms with Crippen LogP contribution in [0.25, 0.3) is 11.3 Å². The average molecular weight is 419 g/mol. The van der Waals surface area contributed by atoms with Crippen molar-refractivity contribution in [1.82, 2.24) is 24.8 Å². The van der Waals surface area contributed by atoms with E-state index in [9.17, 15) is 9.18 Å². The van der Waals surface area contributed by atoms with Crippen LogP contribution in [0.4, 0.5) is 10.1 Å². The molecule has 3 aromatic rings. The van der Waals surface area contributed by atoms with Crippen LogP contribution in [0.2, 0.25) is 5.02 Å². The molecule has 1 saturated heterocycles. The number of morpholine rings is 1. The number of hydrogen-bond donors (Lipinski definition) is 0. The number of aryl methyl sites for hydroxylation is 1.